The Labute approximate surface area is 444 Å². The highest BCUT2D eigenvalue weighted by Gasteiger charge is 2.38. The Balaban J connectivity index is 2.41. The third kappa shape index (κ3) is 21.6. The molecule has 1 aromatic heterocycles. The fraction of sp³-hybridized carbons (Fsp3) is 0.635. The number of hydrogen-bond donors (Lipinski definition) is 13. The molecule has 0 saturated heterocycles. The number of phenolic OH excluding ortho intramolecular Hbond substituents is 1. The van der Waals surface area contributed by atoms with Crippen LogP contribution in [0.2, 0.25) is 0 Å². The topological polar surface area (TPSA) is 382 Å². The molecule has 2 rings (SSSR count). The summed E-state index contributed by atoms with van der Waals surface area (Å²) in [4.78, 5) is 142. The molecule has 0 saturated carbocycles. The van der Waals surface area contributed by atoms with E-state index < -0.39 is 144 Å². The smallest absolute Gasteiger partial charge is 0.326 e. The molecule has 0 radical (unpaired) electrons. The maximum atomic E-state index is 14.3. The van der Waals surface area contributed by atoms with Crippen LogP contribution in [-0.2, 0) is 60.8 Å². The number of nitrogens with two attached hydrogens (primary N) is 1. The molecule has 14 N–H and O–H groups in total. The van der Waals surface area contributed by atoms with Crippen LogP contribution in [0.1, 0.15) is 120 Å². The van der Waals surface area contributed by atoms with Crippen LogP contribution in [-0.4, -0.2) is 139 Å². The van der Waals surface area contributed by atoms with Crippen LogP contribution >= 0.6 is 0 Å². The van der Waals surface area contributed by atoms with Crippen LogP contribution in [0, 0.1) is 35.5 Å². The zero-order valence-corrected chi connectivity index (χ0v) is 45.8. The van der Waals surface area contributed by atoms with Gasteiger partial charge in [0.15, 0.2) is 0 Å². The molecular weight excluding hydrogens is 987 g/mol. The minimum Gasteiger partial charge on any atom is -0.508 e. The molecule has 0 spiro atoms. The Morgan fingerprint density at radius 3 is 1.39 bits per heavy atom. The standard InChI is InChI=1S/C52H83N11O13/c1-13-30(12)43(51(74)61-41(28(8)9)50(73)62-42(29(10)11)52(75)76)63-48(71)36(19-26(4)5)56-46(69)37(21-32-23-54-24-55-32)57-47(70)38(22-39(65)66)58-45(68)35(18-25(2)3)59-49(72)40(27(6)7)60-44(67)34(53)20-31-14-16-33(64)17-15-31/h14-17,23-30,34-38,40-43,64H,13,18-22,53H2,1-12H3,(H,54,55)(H,56,69)(H,57,70)(H,58,68)(H,59,72)(H,60,67)(H,61,74)(H,62,73)(H,63,71)(H,65,66)(H,75,76)/t30-,34-,35-,36-,37-,38-,40-,41-,42-,43-/m0/s1. The number of carbonyl (C=O) groups excluding carboxylic acids is 8. The van der Waals surface area contributed by atoms with Crippen molar-refractivity contribution in [1.29, 1.82) is 0 Å². The van der Waals surface area contributed by atoms with Gasteiger partial charge in [-0.3, -0.25) is 43.2 Å². The third-order valence-electron chi connectivity index (χ3n) is 12.5. The SMILES string of the molecule is CC[C@H](C)[C@H](NC(=O)[C@H](CC(C)C)NC(=O)[C@H](Cc1cnc[nH]1)NC(=O)[C@H](CC(=O)O)NC(=O)[C@H](CC(C)C)NC(=O)[C@@H](NC(=O)[C@@H](N)Cc1ccc(O)cc1)C(C)C)C(=O)N[C@H](C(=O)N[C@H](C(=O)O)C(C)C)C(C)C. The molecule has 0 unspecified atom stereocenters. The summed E-state index contributed by atoms with van der Waals surface area (Å²) in [7, 11) is 0. The number of phenols is 1. The predicted molar refractivity (Wildman–Crippen MR) is 280 cm³/mol. The van der Waals surface area contributed by atoms with E-state index in [0.29, 0.717) is 17.7 Å². The highest BCUT2D eigenvalue weighted by Crippen LogP contribution is 2.16. The summed E-state index contributed by atoms with van der Waals surface area (Å²) in [6.45, 7) is 20.5. The number of amides is 8. The Hall–Kier alpha value is -7.11. The number of aromatic amines is 1. The number of H-pyrrole nitrogens is 1. The van der Waals surface area contributed by atoms with Crippen molar-refractivity contribution in [3.05, 3.63) is 48.0 Å². The van der Waals surface area contributed by atoms with E-state index in [9.17, 15) is 63.3 Å². The highest BCUT2D eigenvalue weighted by molar-refractivity contribution is 5.99. The summed E-state index contributed by atoms with van der Waals surface area (Å²) in [6.07, 6.45) is 2.00. The number of rotatable bonds is 32. The van der Waals surface area contributed by atoms with E-state index in [2.05, 4.69) is 52.5 Å². The van der Waals surface area contributed by atoms with E-state index in [1.165, 1.54) is 24.7 Å². The molecule has 24 nitrogen and oxygen atoms in total. The summed E-state index contributed by atoms with van der Waals surface area (Å²) in [6, 6.07) is -5.82. The molecule has 76 heavy (non-hydrogen) atoms. The average Bonchev–Trinajstić information content (AvgIpc) is 3.84. The first kappa shape index (κ1) is 65.0. The Bertz CT molecular complexity index is 2270. The van der Waals surface area contributed by atoms with Crippen molar-refractivity contribution >= 4 is 59.2 Å². The average molecular weight is 1070 g/mol. The minimum absolute atomic E-state index is 0.0149. The molecule has 1 aromatic carbocycles. The molecule has 0 bridgehead atoms. The van der Waals surface area contributed by atoms with Gasteiger partial charge in [0.1, 0.15) is 54.1 Å². The fourth-order valence-corrected chi connectivity index (χ4v) is 7.96. The molecule has 0 fully saturated rings. The summed E-state index contributed by atoms with van der Waals surface area (Å²) in [5, 5.41) is 50.0. The molecule has 2 aromatic rings. The summed E-state index contributed by atoms with van der Waals surface area (Å²) in [5.74, 6) is -11.8. The summed E-state index contributed by atoms with van der Waals surface area (Å²) in [5.41, 5.74) is 7.17. The van der Waals surface area contributed by atoms with Gasteiger partial charge in [0.25, 0.3) is 0 Å². The Kier molecular flexibility index (Phi) is 26.6. The zero-order chi connectivity index (χ0) is 57.7. The molecule has 424 valence electrons. The second-order valence-electron chi connectivity index (χ2n) is 21.3. The van der Waals surface area contributed by atoms with Gasteiger partial charge in [-0.05, 0) is 72.5 Å². The van der Waals surface area contributed by atoms with Gasteiger partial charge in [0, 0.05) is 18.3 Å². The maximum Gasteiger partial charge on any atom is 0.326 e. The van der Waals surface area contributed by atoms with Gasteiger partial charge in [-0.15, -0.1) is 0 Å². The van der Waals surface area contributed by atoms with E-state index in [-0.39, 0.29) is 43.3 Å². The number of nitrogens with one attached hydrogen (secondary N) is 9. The molecule has 1 heterocycles. The van der Waals surface area contributed by atoms with Crippen molar-refractivity contribution in [2.45, 2.75) is 176 Å². The van der Waals surface area contributed by atoms with Gasteiger partial charge in [-0.1, -0.05) is 102 Å². The monoisotopic (exact) mass is 1070 g/mol. The first-order valence-corrected chi connectivity index (χ1v) is 25.8. The van der Waals surface area contributed by atoms with Gasteiger partial charge in [-0.2, -0.15) is 0 Å². The minimum atomic E-state index is -1.81. The molecule has 0 aliphatic carbocycles. The highest BCUT2D eigenvalue weighted by atomic mass is 16.4. The van der Waals surface area contributed by atoms with Crippen molar-refractivity contribution in [2.75, 3.05) is 0 Å². The summed E-state index contributed by atoms with van der Waals surface area (Å²) >= 11 is 0. The number of carboxylic acids is 2. The third-order valence-corrected chi connectivity index (χ3v) is 12.5. The van der Waals surface area contributed by atoms with Crippen molar-refractivity contribution in [1.82, 2.24) is 52.5 Å². The summed E-state index contributed by atoms with van der Waals surface area (Å²) < 4.78 is 0. The molecule has 24 heteroatoms. The molecule has 0 aliphatic heterocycles. The second kappa shape index (κ2) is 31.1. The van der Waals surface area contributed by atoms with E-state index >= 15 is 0 Å². The quantitative estimate of drug-likeness (QED) is 0.0481. The number of imidazole rings is 1. The van der Waals surface area contributed by atoms with Crippen molar-refractivity contribution in [3.63, 3.8) is 0 Å². The largest absolute Gasteiger partial charge is 0.508 e. The van der Waals surface area contributed by atoms with Crippen molar-refractivity contribution in [3.8, 4) is 5.75 Å². The predicted octanol–water partition coefficient (Wildman–Crippen LogP) is 0.772. The maximum absolute atomic E-state index is 14.3. The number of hydrogen-bond acceptors (Lipinski definition) is 13. The van der Waals surface area contributed by atoms with Crippen LogP contribution < -0.4 is 48.3 Å². The first-order valence-electron chi connectivity index (χ1n) is 25.8. The lowest BCUT2D eigenvalue weighted by Crippen LogP contribution is -2.62. The van der Waals surface area contributed by atoms with Crippen molar-refractivity contribution < 1.29 is 63.3 Å². The fourth-order valence-electron chi connectivity index (χ4n) is 7.96. The Morgan fingerprint density at radius 1 is 0.526 bits per heavy atom. The van der Waals surface area contributed by atoms with E-state index in [4.69, 9.17) is 5.73 Å². The number of benzene rings is 1. The number of aliphatic carboxylic acids is 2. The van der Waals surface area contributed by atoms with Gasteiger partial charge >= 0.3 is 11.9 Å². The van der Waals surface area contributed by atoms with Crippen LogP contribution in [0.4, 0.5) is 0 Å². The number of carbonyl (C=O) groups is 10. The van der Waals surface area contributed by atoms with Crippen LogP contribution in [0.15, 0.2) is 36.8 Å². The van der Waals surface area contributed by atoms with Crippen LogP contribution in [0.5, 0.6) is 5.75 Å². The first-order chi connectivity index (χ1) is 35.4. The van der Waals surface area contributed by atoms with E-state index in [1.807, 2.05) is 0 Å². The van der Waals surface area contributed by atoms with Gasteiger partial charge in [0.05, 0.1) is 18.8 Å². The van der Waals surface area contributed by atoms with Gasteiger partial charge < -0.3 is 68.6 Å². The second-order valence-corrected chi connectivity index (χ2v) is 21.3. The van der Waals surface area contributed by atoms with Crippen molar-refractivity contribution in [2.24, 2.45) is 41.2 Å². The number of carboxylic acid groups (broad SMARTS) is 2. The lowest BCUT2D eigenvalue weighted by molar-refractivity contribution is -0.144. The zero-order valence-electron chi connectivity index (χ0n) is 45.8. The number of aromatic hydroxyl groups is 1. The number of nitrogens with zero attached hydrogens (tertiary/aromatic N) is 1. The lowest BCUT2D eigenvalue weighted by Gasteiger charge is -2.31. The lowest BCUT2D eigenvalue weighted by atomic mass is 9.95. The Morgan fingerprint density at radius 2 is 0.934 bits per heavy atom. The molecular formula is C52H83N11O13. The van der Waals surface area contributed by atoms with Gasteiger partial charge in [0.2, 0.25) is 47.3 Å². The van der Waals surface area contributed by atoms with Crippen LogP contribution in [0.25, 0.3) is 0 Å². The number of aromatic nitrogens is 2. The van der Waals surface area contributed by atoms with E-state index in [0.717, 1.165) is 0 Å². The molecule has 0 aliphatic rings. The molecule has 8 amide bonds. The molecule has 10 atom stereocenters. The van der Waals surface area contributed by atoms with Gasteiger partial charge in [-0.25, -0.2) is 9.78 Å². The van der Waals surface area contributed by atoms with Crippen LogP contribution in [0.3, 0.4) is 0 Å². The normalized spacial score (nSPS) is 15.4. The van der Waals surface area contributed by atoms with E-state index in [1.54, 1.807) is 95.2 Å².